The SMILES string of the molecule is COc1ccc(CC(=O)NCc2ccc(N3CCCC3)cc2)cc1. The standard InChI is InChI=1S/C20H24N2O2/c1-24-19-10-6-16(7-11-19)14-20(23)21-15-17-4-8-18(9-5-17)22-12-2-3-13-22/h4-11H,2-3,12-15H2,1H3,(H,21,23). The molecule has 1 heterocycles. The summed E-state index contributed by atoms with van der Waals surface area (Å²) in [5.74, 6) is 0.834. The van der Waals surface area contributed by atoms with Crippen LogP contribution in [0.5, 0.6) is 5.75 Å². The van der Waals surface area contributed by atoms with E-state index in [9.17, 15) is 4.79 Å². The molecule has 126 valence electrons. The van der Waals surface area contributed by atoms with Gasteiger partial charge in [0, 0.05) is 25.3 Å². The van der Waals surface area contributed by atoms with Crippen molar-refractivity contribution in [1.82, 2.24) is 5.32 Å². The van der Waals surface area contributed by atoms with Gasteiger partial charge >= 0.3 is 0 Å². The largest absolute Gasteiger partial charge is 0.497 e. The van der Waals surface area contributed by atoms with E-state index >= 15 is 0 Å². The summed E-state index contributed by atoms with van der Waals surface area (Å²) >= 11 is 0. The second-order valence-corrected chi connectivity index (χ2v) is 6.16. The van der Waals surface area contributed by atoms with Crippen LogP contribution in [0.15, 0.2) is 48.5 Å². The van der Waals surface area contributed by atoms with Gasteiger partial charge < -0.3 is 15.0 Å². The van der Waals surface area contributed by atoms with Gasteiger partial charge in [-0.3, -0.25) is 4.79 Å². The fourth-order valence-electron chi connectivity index (χ4n) is 2.99. The average Bonchev–Trinajstić information content (AvgIpc) is 3.16. The van der Waals surface area contributed by atoms with Gasteiger partial charge in [-0.1, -0.05) is 24.3 Å². The van der Waals surface area contributed by atoms with Gasteiger partial charge in [-0.15, -0.1) is 0 Å². The fraction of sp³-hybridized carbons (Fsp3) is 0.350. The highest BCUT2D eigenvalue weighted by molar-refractivity contribution is 5.78. The smallest absolute Gasteiger partial charge is 0.224 e. The highest BCUT2D eigenvalue weighted by Gasteiger charge is 2.11. The molecule has 2 aromatic rings. The lowest BCUT2D eigenvalue weighted by Gasteiger charge is -2.17. The van der Waals surface area contributed by atoms with E-state index < -0.39 is 0 Å². The van der Waals surface area contributed by atoms with E-state index in [-0.39, 0.29) is 5.91 Å². The Bertz CT molecular complexity index is 659. The molecule has 0 atom stereocenters. The number of hydrogen-bond acceptors (Lipinski definition) is 3. The molecule has 1 saturated heterocycles. The molecule has 1 aliphatic heterocycles. The maximum absolute atomic E-state index is 12.1. The van der Waals surface area contributed by atoms with Crippen molar-refractivity contribution in [2.75, 3.05) is 25.1 Å². The second kappa shape index (κ2) is 7.86. The maximum atomic E-state index is 12.1. The van der Waals surface area contributed by atoms with E-state index in [0.717, 1.165) is 30.0 Å². The lowest BCUT2D eigenvalue weighted by atomic mass is 10.1. The third kappa shape index (κ3) is 4.28. The van der Waals surface area contributed by atoms with Crippen LogP contribution in [-0.4, -0.2) is 26.1 Å². The van der Waals surface area contributed by atoms with Crippen LogP contribution >= 0.6 is 0 Å². The second-order valence-electron chi connectivity index (χ2n) is 6.16. The van der Waals surface area contributed by atoms with Crippen LogP contribution in [0.4, 0.5) is 5.69 Å². The van der Waals surface area contributed by atoms with Crippen LogP contribution in [-0.2, 0) is 17.8 Å². The van der Waals surface area contributed by atoms with Gasteiger partial charge in [0.2, 0.25) is 5.91 Å². The van der Waals surface area contributed by atoms with Gasteiger partial charge in [0.1, 0.15) is 5.75 Å². The average molecular weight is 324 g/mol. The normalized spacial score (nSPS) is 13.8. The molecule has 4 heteroatoms. The van der Waals surface area contributed by atoms with E-state index in [4.69, 9.17) is 4.74 Å². The molecule has 0 saturated carbocycles. The first-order valence-corrected chi connectivity index (χ1v) is 8.48. The third-order valence-electron chi connectivity index (χ3n) is 4.42. The molecule has 0 aromatic heterocycles. The van der Waals surface area contributed by atoms with Crippen molar-refractivity contribution >= 4 is 11.6 Å². The van der Waals surface area contributed by atoms with Crippen molar-refractivity contribution in [2.45, 2.75) is 25.8 Å². The van der Waals surface area contributed by atoms with E-state index in [0.29, 0.717) is 13.0 Å². The van der Waals surface area contributed by atoms with Crippen LogP contribution < -0.4 is 15.0 Å². The molecule has 0 unspecified atom stereocenters. The minimum Gasteiger partial charge on any atom is -0.497 e. The number of ether oxygens (including phenoxy) is 1. The fourth-order valence-corrected chi connectivity index (χ4v) is 2.99. The van der Waals surface area contributed by atoms with Crippen molar-refractivity contribution in [3.05, 3.63) is 59.7 Å². The molecule has 24 heavy (non-hydrogen) atoms. The van der Waals surface area contributed by atoms with Crippen LogP contribution in [0, 0.1) is 0 Å². The monoisotopic (exact) mass is 324 g/mol. The first kappa shape index (κ1) is 16.4. The van der Waals surface area contributed by atoms with Gasteiger partial charge in [-0.2, -0.15) is 0 Å². The zero-order valence-electron chi connectivity index (χ0n) is 14.1. The Hall–Kier alpha value is -2.49. The Morgan fingerprint density at radius 1 is 1.00 bits per heavy atom. The summed E-state index contributed by atoms with van der Waals surface area (Å²) in [5, 5.41) is 2.98. The van der Waals surface area contributed by atoms with Gasteiger partial charge in [0.05, 0.1) is 13.5 Å². The number of hydrogen-bond donors (Lipinski definition) is 1. The van der Waals surface area contributed by atoms with Crippen molar-refractivity contribution in [3.63, 3.8) is 0 Å². The summed E-state index contributed by atoms with van der Waals surface area (Å²) in [6, 6.07) is 16.1. The number of carbonyl (C=O) groups excluding carboxylic acids is 1. The van der Waals surface area contributed by atoms with Crippen molar-refractivity contribution in [2.24, 2.45) is 0 Å². The van der Waals surface area contributed by atoms with Crippen LogP contribution in [0.3, 0.4) is 0 Å². The molecule has 2 aromatic carbocycles. The number of nitrogens with zero attached hydrogens (tertiary/aromatic N) is 1. The van der Waals surface area contributed by atoms with E-state index in [1.165, 1.54) is 18.5 Å². The molecule has 1 fully saturated rings. The number of carbonyl (C=O) groups is 1. The number of amides is 1. The lowest BCUT2D eigenvalue weighted by molar-refractivity contribution is -0.120. The molecule has 3 rings (SSSR count). The number of benzene rings is 2. The summed E-state index contributed by atoms with van der Waals surface area (Å²) in [6.45, 7) is 2.87. The summed E-state index contributed by atoms with van der Waals surface area (Å²) < 4.78 is 5.12. The van der Waals surface area contributed by atoms with Crippen LogP contribution in [0.2, 0.25) is 0 Å². The van der Waals surface area contributed by atoms with Gasteiger partial charge in [-0.05, 0) is 48.2 Å². The number of methoxy groups -OCH3 is 1. The van der Waals surface area contributed by atoms with Crippen molar-refractivity contribution in [1.29, 1.82) is 0 Å². The molecule has 1 aliphatic rings. The van der Waals surface area contributed by atoms with Crippen molar-refractivity contribution < 1.29 is 9.53 Å². The highest BCUT2D eigenvalue weighted by atomic mass is 16.5. The quantitative estimate of drug-likeness (QED) is 0.887. The zero-order valence-corrected chi connectivity index (χ0v) is 14.1. The van der Waals surface area contributed by atoms with Gasteiger partial charge in [-0.25, -0.2) is 0 Å². The first-order valence-electron chi connectivity index (χ1n) is 8.48. The topological polar surface area (TPSA) is 41.6 Å². The third-order valence-corrected chi connectivity index (χ3v) is 4.42. The number of anilines is 1. The molecular formula is C20H24N2O2. The summed E-state index contributed by atoms with van der Waals surface area (Å²) in [6.07, 6.45) is 2.95. The maximum Gasteiger partial charge on any atom is 0.224 e. The molecule has 1 amide bonds. The Morgan fingerprint density at radius 2 is 1.62 bits per heavy atom. The van der Waals surface area contributed by atoms with Crippen LogP contribution in [0.25, 0.3) is 0 Å². The molecule has 0 bridgehead atoms. The van der Waals surface area contributed by atoms with E-state index in [1.54, 1.807) is 7.11 Å². The van der Waals surface area contributed by atoms with Crippen molar-refractivity contribution in [3.8, 4) is 5.75 Å². The summed E-state index contributed by atoms with van der Waals surface area (Å²) in [4.78, 5) is 14.5. The van der Waals surface area contributed by atoms with E-state index in [1.807, 2.05) is 24.3 Å². The Morgan fingerprint density at radius 3 is 2.25 bits per heavy atom. The van der Waals surface area contributed by atoms with Gasteiger partial charge in [0.15, 0.2) is 0 Å². The minimum atomic E-state index is 0.0313. The lowest BCUT2D eigenvalue weighted by Crippen LogP contribution is -2.24. The Labute approximate surface area is 143 Å². The summed E-state index contributed by atoms with van der Waals surface area (Å²) in [5.41, 5.74) is 3.39. The molecule has 0 aliphatic carbocycles. The molecule has 1 N–H and O–H groups in total. The molecule has 0 radical (unpaired) electrons. The Kier molecular flexibility index (Phi) is 5.36. The molecule has 4 nitrogen and oxygen atoms in total. The number of rotatable bonds is 6. The predicted molar refractivity (Wildman–Crippen MR) is 96.4 cm³/mol. The first-order chi connectivity index (χ1) is 11.7. The predicted octanol–water partition coefficient (Wildman–Crippen LogP) is 3.15. The summed E-state index contributed by atoms with van der Waals surface area (Å²) in [7, 11) is 1.64. The minimum absolute atomic E-state index is 0.0313. The van der Waals surface area contributed by atoms with E-state index in [2.05, 4.69) is 34.5 Å². The molecular weight excluding hydrogens is 300 g/mol. The zero-order chi connectivity index (χ0) is 16.8. The Balaban J connectivity index is 1.48. The number of nitrogens with one attached hydrogen (secondary N) is 1. The van der Waals surface area contributed by atoms with Gasteiger partial charge in [0.25, 0.3) is 0 Å². The molecule has 0 spiro atoms. The highest BCUT2D eigenvalue weighted by Crippen LogP contribution is 2.20. The van der Waals surface area contributed by atoms with Crippen LogP contribution in [0.1, 0.15) is 24.0 Å².